The molecule has 0 aliphatic carbocycles. The molecule has 0 bridgehead atoms. The van der Waals surface area contributed by atoms with E-state index < -0.39 is 12.0 Å². The Morgan fingerprint density at radius 1 is 1.21 bits per heavy atom. The molecule has 1 atom stereocenters. The Kier molecular flexibility index (Phi) is 4.55. The molecule has 7 nitrogen and oxygen atoms in total. The number of carbonyl (C=O) groups excluding carboxylic acids is 1. The van der Waals surface area contributed by atoms with Gasteiger partial charge in [-0.05, 0) is 35.4 Å². The average Bonchev–Trinajstić information content (AvgIpc) is 3.21. The first-order valence-corrected chi connectivity index (χ1v) is 8.75. The Labute approximate surface area is 165 Å². The zero-order chi connectivity index (χ0) is 19.7. The molecule has 1 aliphatic rings. The molecule has 1 N–H and O–H groups in total. The van der Waals surface area contributed by atoms with E-state index in [1.807, 2.05) is 12.1 Å². The van der Waals surface area contributed by atoms with Gasteiger partial charge in [0.25, 0.3) is 0 Å². The smallest absolute Gasteiger partial charge is 0.338 e. The van der Waals surface area contributed by atoms with Crippen molar-refractivity contribution in [1.82, 2.24) is 14.8 Å². The van der Waals surface area contributed by atoms with Gasteiger partial charge < -0.3 is 10.1 Å². The number of rotatable bonds is 3. The number of hydrogen-bond donors (Lipinski definition) is 1. The van der Waals surface area contributed by atoms with Crippen LogP contribution in [-0.4, -0.2) is 27.8 Å². The van der Waals surface area contributed by atoms with Crippen LogP contribution in [0.5, 0.6) is 0 Å². The lowest BCUT2D eigenvalue weighted by Crippen LogP contribution is -2.29. The summed E-state index contributed by atoms with van der Waals surface area (Å²) in [6.07, 6.45) is 1.42. The first-order chi connectivity index (χ1) is 13.6. The van der Waals surface area contributed by atoms with E-state index in [1.165, 1.54) is 13.4 Å². The summed E-state index contributed by atoms with van der Waals surface area (Å²) in [6.45, 7) is 0. The maximum absolute atomic E-state index is 12.8. The molecule has 0 amide bonds. The molecular weight excluding hydrogens is 378 g/mol. The van der Waals surface area contributed by atoms with Gasteiger partial charge in [-0.3, -0.25) is 0 Å². The molecule has 4 rings (SSSR count). The van der Waals surface area contributed by atoms with Gasteiger partial charge in [-0.1, -0.05) is 35.9 Å². The predicted molar refractivity (Wildman–Crippen MR) is 103 cm³/mol. The largest absolute Gasteiger partial charge is 0.466 e. The highest BCUT2D eigenvalue weighted by molar-refractivity contribution is 6.30. The van der Waals surface area contributed by atoms with Crippen molar-refractivity contribution in [1.29, 1.82) is 5.26 Å². The van der Waals surface area contributed by atoms with Gasteiger partial charge in [-0.2, -0.15) is 15.3 Å². The molecule has 2 heterocycles. The minimum atomic E-state index is -0.565. The van der Waals surface area contributed by atoms with Crippen molar-refractivity contribution in [2.45, 2.75) is 6.04 Å². The highest BCUT2D eigenvalue weighted by Crippen LogP contribution is 2.38. The molecule has 3 aromatic rings. The standard InChI is InChI=1S/C20H14ClN5O2/c1-28-19(27)16-17(13-6-8-15(21)9-7-13)25-20-23-11-24-26(20)18(16)14-4-2-12(10-22)3-5-14/h2-9,11,18H,1H3,(H,23,24,25)/t18-/m0/s1. The summed E-state index contributed by atoms with van der Waals surface area (Å²) in [4.78, 5) is 17.1. The van der Waals surface area contributed by atoms with E-state index in [2.05, 4.69) is 21.5 Å². The average molecular weight is 392 g/mol. The number of ether oxygens (including phenoxy) is 1. The fourth-order valence-electron chi connectivity index (χ4n) is 3.18. The van der Waals surface area contributed by atoms with Crippen LogP contribution >= 0.6 is 11.6 Å². The van der Waals surface area contributed by atoms with Crippen LogP contribution in [-0.2, 0) is 9.53 Å². The zero-order valence-corrected chi connectivity index (χ0v) is 15.5. The second-order valence-corrected chi connectivity index (χ2v) is 6.51. The molecule has 0 fully saturated rings. The fraction of sp³-hybridized carbons (Fsp3) is 0.100. The zero-order valence-electron chi connectivity index (χ0n) is 14.8. The van der Waals surface area contributed by atoms with E-state index in [4.69, 9.17) is 21.6 Å². The van der Waals surface area contributed by atoms with Crippen molar-refractivity contribution in [3.8, 4) is 6.07 Å². The van der Waals surface area contributed by atoms with Gasteiger partial charge in [-0.15, -0.1) is 0 Å². The summed E-state index contributed by atoms with van der Waals surface area (Å²) >= 11 is 6.01. The van der Waals surface area contributed by atoms with Gasteiger partial charge >= 0.3 is 5.97 Å². The molecule has 2 aromatic carbocycles. The Bertz CT molecular complexity index is 1110. The van der Waals surface area contributed by atoms with Gasteiger partial charge in [0, 0.05) is 5.02 Å². The number of benzene rings is 2. The summed E-state index contributed by atoms with van der Waals surface area (Å²) in [7, 11) is 1.33. The van der Waals surface area contributed by atoms with Gasteiger partial charge in [0.1, 0.15) is 12.4 Å². The van der Waals surface area contributed by atoms with Crippen LogP contribution in [0.1, 0.15) is 22.7 Å². The second kappa shape index (κ2) is 7.18. The highest BCUT2D eigenvalue weighted by atomic mass is 35.5. The van der Waals surface area contributed by atoms with Gasteiger partial charge in [0.2, 0.25) is 5.95 Å². The fourth-order valence-corrected chi connectivity index (χ4v) is 3.31. The van der Waals surface area contributed by atoms with Gasteiger partial charge in [0.05, 0.1) is 30.0 Å². The number of esters is 1. The van der Waals surface area contributed by atoms with Crippen LogP contribution in [0.3, 0.4) is 0 Å². The number of fused-ring (bicyclic) bond motifs is 1. The van der Waals surface area contributed by atoms with Crippen LogP contribution in [0.15, 0.2) is 60.4 Å². The Morgan fingerprint density at radius 2 is 1.93 bits per heavy atom. The molecule has 0 unspecified atom stereocenters. The topological polar surface area (TPSA) is 92.8 Å². The lowest BCUT2D eigenvalue weighted by molar-refractivity contribution is -0.136. The molecule has 0 spiro atoms. The maximum Gasteiger partial charge on any atom is 0.338 e. The number of anilines is 1. The summed E-state index contributed by atoms with van der Waals surface area (Å²) in [6, 6.07) is 15.6. The van der Waals surface area contributed by atoms with Crippen LogP contribution in [0.4, 0.5) is 5.95 Å². The van der Waals surface area contributed by atoms with Crippen molar-refractivity contribution >= 4 is 29.2 Å². The molecule has 1 aliphatic heterocycles. The molecule has 1 aromatic heterocycles. The van der Waals surface area contributed by atoms with Crippen molar-refractivity contribution in [2.24, 2.45) is 0 Å². The number of nitrogens with zero attached hydrogens (tertiary/aromatic N) is 4. The predicted octanol–water partition coefficient (Wildman–Crippen LogP) is 3.40. The third kappa shape index (κ3) is 3.00. The number of carbonyl (C=O) groups is 1. The lowest BCUT2D eigenvalue weighted by atomic mass is 9.92. The first-order valence-electron chi connectivity index (χ1n) is 8.37. The number of nitriles is 1. The van der Waals surface area contributed by atoms with Crippen molar-refractivity contribution in [3.05, 3.63) is 82.1 Å². The SMILES string of the molecule is COC(=O)C1=C(c2ccc(Cl)cc2)Nc2ncnn2[C@H]1c1ccc(C#N)cc1. The summed E-state index contributed by atoms with van der Waals surface area (Å²) < 4.78 is 6.69. The molecule has 0 saturated carbocycles. The van der Waals surface area contributed by atoms with Crippen molar-refractivity contribution in [2.75, 3.05) is 12.4 Å². The molecule has 8 heteroatoms. The third-order valence-electron chi connectivity index (χ3n) is 4.49. The van der Waals surface area contributed by atoms with E-state index in [-0.39, 0.29) is 0 Å². The minimum absolute atomic E-state index is 0.382. The van der Waals surface area contributed by atoms with Crippen LogP contribution in [0.2, 0.25) is 5.02 Å². The lowest BCUT2D eigenvalue weighted by Gasteiger charge is -2.29. The second-order valence-electron chi connectivity index (χ2n) is 6.08. The normalized spacial score (nSPS) is 15.4. The third-order valence-corrected chi connectivity index (χ3v) is 4.74. The number of nitrogens with one attached hydrogen (secondary N) is 1. The molecular formula is C20H14ClN5O2. The van der Waals surface area contributed by atoms with Gasteiger partial charge in [0.15, 0.2) is 0 Å². The van der Waals surface area contributed by atoms with E-state index in [1.54, 1.807) is 41.1 Å². The number of hydrogen-bond acceptors (Lipinski definition) is 6. The Balaban J connectivity index is 1.95. The number of methoxy groups -OCH3 is 1. The maximum atomic E-state index is 12.8. The summed E-state index contributed by atoms with van der Waals surface area (Å²) in [5.41, 5.74) is 3.01. The minimum Gasteiger partial charge on any atom is -0.466 e. The molecule has 138 valence electrons. The van der Waals surface area contributed by atoms with E-state index in [0.717, 1.165) is 11.1 Å². The quantitative estimate of drug-likeness (QED) is 0.688. The number of aromatic nitrogens is 3. The van der Waals surface area contributed by atoms with E-state index >= 15 is 0 Å². The van der Waals surface area contributed by atoms with E-state index in [0.29, 0.717) is 27.8 Å². The van der Waals surface area contributed by atoms with Crippen LogP contribution < -0.4 is 5.32 Å². The van der Waals surface area contributed by atoms with Crippen molar-refractivity contribution < 1.29 is 9.53 Å². The first kappa shape index (κ1) is 17.8. The summed E-state index contributed by atoms with van der Waals surface area (Å²) in [5.74, 6) is -0.0000718. The highest BCUT2D eigenvalue weighted by Gasteiger charge is 2.35. The number of halogens is 1. The summed E-state index contributed by atoms with van der Waals surface area (Å²) in [5, 5.41) is 17.1. The Hall–Kier alpha value is -3.63. The molecule has 28 heavy (non-hydrogen) atoms. The van der Waals surface area contributed by atoms with E-state index in [9.17, 15) is 4.79 Å². The van der Waals surface area contributed by atoms with Gasteiger partial charge in [-0.25, -0.2) is 9.48 Å². The van der Waals surface area contributed by atoms with Crippen LogP contribution in [0.25, 0.3) is 5.70 Å². The molecule has 0 radical (unpaired) electrons. The monoisotopic (exact) mass is 391 g/mol. The van der Waals surface area contributed by atoms with Crippen molar-refractivity contribution in [3.63, 3.8) is 0 Å². The Morgan fingerprint density at radius 3 is 2.57 bits per heavy atom. The van der Waals surface area contributed by atoms with Crippen LogP contribution in [0, 0.1) is 11.3 Å². The molecule has 0 saturated heterocycles.